The van der Waals surface area contributed by atoms with E-state index < -0.39 is 6.10 Å². The number of ether oxygens (including phenoxy) is 1. The molecule has 2 aromatic carbocycles. The van der Waals surface area contributed by atoms with Crippen molar-refractivity contribution >= 4 is 0 Å². The maximum Gasteiger partial charge on any atom is 0.0830 e. The Morgan fingerprint density at radius 3 is 2.60 bits per heavy atom. The summed E-state index contributed by atoms with van der Waals surface area (Å²) in [4.78, 5) is 0. The first-order chi connectivity index (χ1) is 9.63. The molecule has 3 rings (SSSR count). The molecular weight excluding hydrogens is 248 g/mol. The van der Waals surface area contributed by atoms with Crippen LogP contribution in [0.3, 0.4) is 0 Å². The van der Waals surface area contributed by atoms with E-state index in [0.717, 1.165) is 5.56 Å². The van der Waals surface area contributed by atoms with Crippen LogP contribution in [0.2, 0.25) is 0 Å². The van der Waals surface area contributed by atoms with Crippen LogP contribution < -0.4 is 0 Å². The van der Waals surface area contributed by atoms with Crippen molar-refractivity contribution in [2.24, 2.45) is 0 Å². The third-order valence-corrected chi connectivity index (χ3v) is 4.13. The van der Waals surface area contributed by atoms with Crippen LogP contribution in [0.25, 0.3) is 0 Å². The van der Waals surface area contributed by atoms with Gasteiger partial charge in [0, 0.05) is 6.42 Å². The van der Waals surface area contributed by atoms with Crippen LogP contribution in [0.1, 0.15) is 39.5 Å². The minimum Gasteiger partial charge on any atom is -0.388 e. The maximum atomic E-state index is 10.4. The first-order valence-corrected chi connectivity index (χ1v) is 7.07. The molecule has 0 radical (unpaired) electrons. The van der Waals surface area contributed by atoms with Gasteiger partial charge in [-0.2, -0.15) is 0 Å². The van der Waals surface area contributed by atoms with Crippen LogP contribution in [-0.4, -0.2) is 5.11 Å². The number of aliphatic hydroxyl groups excluding tert-OH is 1. The van der Waals surface area contributed by atoms with Crippen molar-refractivity contribution in [2.75, 3.05) is 0 Å². The molecule has 0 aromatic heterocycles. The zero-order valence-electron chi connectivity index (χ0n) is 12.0. The van der Waals surface area contributed by atoms with Crippen LogP contribution in [-0.2, 0) is 24.4 Å². The molecule has 1 aliphatic heterocycles. The molecular formula is C18H20O2. The largest absolute Gasteiger partial charge is 0.388 e. The molecule has 20 heavy (non-hydrogen) atoms. The molecule has 1 atom stereocenters. The molecule has 1 aliphatic rings. The SMILES string of the molecule is Cc1ccc(CC(O)c2ccc3c(c2)COC3)cc1C. The Morgan fingerprint density at radius 2 is 1.80 bits per heavy atom. The highest BCUT2D eigenvalue weighted by Gasteiger charge is 2.15. The van der Waals surface area contributed by atoms with E-state index in [4.69, 9.17) is 4.74 Å². The predicted molar refractivity (Wildman–Crippen MR) is 79.5 cm³/mol. The lowest BCUT2D eigenvalue weighted by atomic mass is 9.96. The van der Waals surface area contributed by atoms with Crippen molar-refractivity contribution in [3.05, 3.63) is 69.8 Å². The average molecular weight is 268 g/mol. The highest BCUT2D eigenvalue weighted by molar-refractivity contribution is 5.36. The van der Waals surface area contributed by atoms with Crippen molar-refractivity contribution in [3.8, 4) is 0 Å². The fourth-order valence-electron chi connectivity index (χ4n) is 2.67. The van der Waals surface area contributed by atoms with Gasteiger partial charge >= 0.3 is 0 Å². The number of aryl methyl sites for hydroxylation is 2. The number of hydrogen-bond acceptors (Lipinski definition) is 2. The summed E-state index contributed by atoms with van der Waals surface area (Å²) in [6.45, 7) is 5.58. The van der Waals surface area contributed by atoms with Crippen LogP contribution >= 0.6 is 0 Å². The molecule has 2 nitrogen and oxygen atoms in total. The lowest BCUT2D eigenvalue weighted by Gasteiger charge is -2.13. The summed E-state index contributed by atoms with van der Waals surface area (Å²) < 4.78 is 5.42. The smallest absolute Gasteiger partial charge is 0.0830 e. The minimum atomic E-state index is -0.456. The Hall–Kier alpha value is -1.64. The lowest BCUT2D eigenvalue weighted by Crippen LogP contribution is -2.03. The fraction of sp³-hybridized carbons (Fsp3) is 0.333. The maximum absolute atomic E-state index is 10.4. The third-order valence-electron chi connectivity index (χ3n) is 4.13. The zero-order chi connectivity index (χ0) is 14.1. The van der Waals surface area contributed by atoms with E-state index in [1.807, 2.05) is 6.07 Å². The molecule has 0 fully saturated rings. The van der Waals surface area contributed by atoms with E-state index >= 15 is 0 Å². The molecule has 1 N–H and O–H groups in total. The molecule has 0 aliphatic carbocycles. The number of benzene rings is 2. The summed E-state index contributed by atoms with van der Waals surface area (Å²) in [6, 6.07) is 12.5. The van der Waals surface area contributed by atoms with Crippen molar-refractivity contribution < 1.29 is 9.84 Å². The van der Waals surface area contributed by atoms with E-state index in [0.29, 0.717) is 19.6 Å². The summed E-state index contributed by atoms with van der Waals surface area (Å²) >= 11 is 0. The van der Waals surface area contributed by atoms with E-state index in [2.05, 4.69) is 44.2 Å². The Kier molecular flexibility index (Phi) is 3.60. The summed E-state index contributed by atoms with van der Waals surface area (Å²) in [5.41, 5.74) is 7.17. The van der Waals surface area contributed by atoms with Crippen molar-refractivity contribution in [1.82, 2.24) is 0 Å². The van der Waals surface area contributed by atoms with E-state index in [1.54, 1.807) is 0 Å². The standard InChI is InChI=1S/C18H20O2/c1-12-3-4-14(7-13(12)2)8-18(19)15-5-6-16-10-20-11-17(16)9-15/h3-7,9,18-19H,8,10-11H2,1-2H3. The number of fused-ring (bicyclic) bond motifs is 1. The van der Waals surface area contributed by atoms with Gasteiger partial charge in [0.25, 0.3) is 0 Å². The van der Waals surface area contributed by atoms with Crippen molar-refractivity contribution in [2.45, 2.75) is 39.6 Å². The van der Waals surface area contributed by atoms with Gasteiger partial charge in [-0.3, -0.25) is 0 Å². The second kappa shape index (κ2) is 5.39. The Balaban J connectivity index is 1.78. The molecule has 1 unspecified atom stereocenters. The first kappa shape index (κ1) is 13.3. The van der Waals surface area contributed by atoms with Crippen LogP contribution in [0.4, 0.5) is 0 Å². The highest BCUT2D eigenvalue weighted by atomic mass is 16.5. The van der Waals surface area contributed by atoms with Gasteiger partial charge in [-0.25, -0.2) is 0 Å². The molecule has 0 bridgehead atoms. The monoisotopic (exact) mass is 268 g/mol. The molecule has 2 heteroatoms. The number of rotatable bonds is 3. The lowest BCUT2D eigenvalue weighted by molar-refractivity contribution is 0.134. The second-order valence-corrected chi connectivity index (χ2v) is 5.66. The Bertz CT molecular complexity index is 631. The fourth-order valence-corrected chi connectivity index (χ4v) is 2.67. The molecule has 104 valence electrons. The van der Waals surface area contributed by atoms with E-state index in [9.17, 15) is 5.11 Å². The summed E-state index contributed by atoms with van der Waals surface area (Å²) in [5, 5.41) is 10.4. The van der Waals surface area contributed by atoms with Gasteiger partial charge in [-0.05, 0) is 47.2 Å². The predicted octanol–water partition coefficient (Wildman–Crippen LogP) is 3.61. The summed E-state index contributed by atoms with van der Waals surface area (Å²) in [6.07, 6.45) is 0.198. The molecule has 0 saturated carbocycles. The normalized spacial score (nSPS) is 15.2. The third kappa shape index (κ3) is 2.62. The van der Waals surface area contributed by atoms with Gasteiger partial charge in [-0.15, -0.1) is 0 Å². The van der Waals surface area contributed by atoms with Crippen LogP contribution in [0.5, 0.6) is 0 Å². The molecule has 0 amide bonds. The average Bonchev–Trinajstić information content (AvgIpc) is 2.90. The molecule has 0 saturated heterocycles. The second-order valence-electron chi connectivity index (χ2n) is 5.66. The summed E-state index contributed by atoms with van der Waals surface area (Å²) in [5.74, 6) is 0. The highest BCUT2D eigenvalue weighted by Crippen LogP contribution is 2.26. The summed E-state index contributed by atoms with van der Waals surface area (Å²) in [7, 11) is 0. The topological polar surface area (TPSA) is 29.5 Å². The Labute approximate surface area is 120 Å². The van der Waals surface area contributed by atoms with Crippen molar-refractivity contribution in [1.29, 1.82) is 0 Å². The van der Waals surface area contributed by atoms with Gasteiger partial charge in [-0.1, -0.05) is 36.4 Å². The van der Waals surface area contributed by atoms with Crippen LogP contribution in [0.15, 0.2) is 36.4 Å². The first-order valence-electron chi connectivity index (χ1n) is 7.07. The molecule has 1 heterocycles. The minimum absolute atomic E-state index is 0.456. The van der Waals surface area contributed by atoms with Crippen molar-refractivity contribution in [3.63, 3.8) is 0 Å². The van der Waals surface area contributed by atoms with Gasteiger partial charge in [0.15, 0.2) is 0 Å². The van der Waals surface area contributed by atoms with Gasteiger partial charge in [0.1, 0.15) is 0 Å². The van der Waals surface area contributed by atoms with Gasteiger partial charge < -0.3 is 9.84 Å². The van der Waals surface area contributed by atoms with Crippen LogP contribution in [0, 0.1) is 13.8 Å². The van der Waals surface area contributed by atoms with Gasteiger partial charge in [0.2, 0.25) is 0 Å². The quantitative estimate of drug-likeness (QED) is 0.921. The van der Waals surface area contributed by atoms with E-state index in [-0.39, 0.29) is 0 Å². The van der Waals surface area contributed by atoms with E-state index in [1.165, 1.54) is 27.8 Å². The number of aliphatic hydroxyl groups is 1. The number of hydrogen-bond donors (Lipinski definition) is 1. The molecule has 0 spiro atoms. The Morgan fingerprint density at radius 1 is 1.00 bits per heavy atom. The van der Waals surface area contributed by atoms with Gasteiger partial charge in [0.05, 0.1) is 19.3 Å². The zero-order valence-corrected chi connectivity index (χ0v) is 12.0. The molecule has 2 aromatic rings.